The second kappa shape index (κ2) is 3.79. The smallest absolute Gasteiger partial charge is 0.327 e. The van der Waals surface area contributed by atoms with Gasteiger partial charge in [-0.1, -0.05) is 0 Å². The van der Waals surface area contributed by atoms with Crippen molar-refractivity contribution < 1.29 is 9.53 Å². The molecule has 1 heterocycles. The summed E-state index contributed by atoms with van der Waals surface area (Å²) in [5.41, 5.74) is 5.78. The van der Waals surface area contributed by atoms with Crippen molar-refractivity contribution in [3.63, 3.8) is 0 Å². The van der Waals surface area contributed by atoms with Crippen LogP contribution in [0.15, 0.2) is 12.4 Å². The highest BCUT2D eigenvalue weighted by molar-refractivity contribution is 5.79. The van der Waals surface area contributed by atoms with Crippen molar-refractivity contribution in [2.24, 2.45) is 5.73 Å². The number of aryl methyl sites for hydroxylation is 1. The summed E-state index contributed by atoms with van der Waals surface area (Å²) < 4.78 is 6.22. The predicted octanol–water partition coefficient (Wildman–Crippen LogP) is 0.0819. The van der Waals surface area contributed by atoms with Gasteiger partial charge in [0.2, 0.25) is 0 Å². The van der Waals surface area contributed by atoms with E-state index in [9.17, 15) is 4.79 Å². The fraction of sp³-hybridized carbons (Fsp3) is 0.556. The van der Waals surface area contributed by atoms with Crippen LogP contribution in [0.5, 0.6) is 0 Å². The Bertz CT molecular complexity index is 331. The third-order valence-electron chi connectivity index (χ3n) is 1.90. The van der Waals surface area contributed by atoms with Crippen LogP contribution in [-0.4, -0.2) is 28.4 Å². The normalized spacial score (nSPS) is 14.9. The molecule has 0 aliphatic heterocycles. The van der Waals surface area contributed by atoms with E-state index in [-0.39, 0.29) is 0 Å². The summed E-state index contributed by atoms with van der Waals surface area (Å²) in [5, 5.41) is 4.05. The Morgan fingerprint density at radius 2 is 2.43 bits per heavy atom. The fourth-order valence-corrected chi connectivity index (χ4v) is 1.19. The first-order valence-corrected chi connectivity index (χ1v) is 4.32. The molecule has 1 aromatic rings. The quantitative estimate of drug-likeness (QED) is 0.697. The zero-order valence-corrected chi connectivity index (χ0v) is 8.65. The second-order valence-electron chi connectivity index (χ2n) is 3.62. The van der Waals surface area contributed by atoms with E-state index in [1.54, 1.807) is 17.8 Å². The summed E-state index contributed by atoms with van der Waals surface area (Å²) in [5.74, 6) is -0.439. The van der Waals surface area contributed by atoms with Gasteiger partial charge < -0.3 is 10.5 Å². The lowest BCUT2D eigenvalue weighted by Gasteiger charge is -2.20. The highest BCUT2D eigenvalue weighted by Crippen LogP contribution is 2.06. The summed E-state index contributed by atoms with van der Waals surface area (Å²) in [6.07, 6.45) is 3.54. The molecule has 1 rings (SSSR count). The predicted molar refractivity (Wildman–Crippen MR) is 51.6 cm³/mol. The second-order valence-corrected chi connectivity index (χ2v) is 3.62. The van der Waals surface area contributed by atoms with Crippen LogP contribution in [0.3, 0.4) is 0 Å². The molecule has 0 saturated heterocycles. The van der Waals surface area contributed by atoms with E-state index >= 15 is 0 Å². The van der Waals surface area contributed by atoms with Gasteiger partial charge in [0.15, 0.2) is 0 Å². The molecule has 0 aliphatic rings. The molecule has 0 fully saturated rings. The Kier molecular flexibility index (Phi) is 2.90. The Balaban J connectivity index is 2.72. The number of methoxy groups -OCH3 is 1. The Morgan fingerprint density at radius 3 is 2.86 bits per heavy atom. The molecule has 1 unspecified atom stereocenters. The topological polar surface area (TPSA) is 70.1 Å². The maximum Gasteiger partial charge on any atom is 0.327 e. The van der Waals surface area contributed by atoms with Crippen LogP contribution < -0.4 is 5.73 Å². The van der Waals surface area contributed by atoms with E-state index in [1.807, 2.05) is 13.1 Å². The third-order valence-corrected chi connectivity index (χ3v) is 1.90. The monoisotopic (exact) mass is 197 g/mol. The standard InChI is InChI=1S/C9H15N3O2/c1-7-4-11-12(5-7)6-9(2,10)8(13)14-3/h4-5H,6,10H2,1-3H3. The maximum atomic E-state index is 11.3. The molecule has 2 N–H and O–H groups in total. The van der Waals surface area contributed by atoms with Crippen LogP contribution in [0.2, 0.25) is 0 Å². The zero-order chi connectivity index (χ0) is 10.8. The number of ether oxygens (including phenoxy) is 1. The average Bonchev–Trinajstić information content (AvgIpc) is 2.48. The number of carbonyl (C=O) groups is 1. The number of nitrogens with zero attached hydrogens (tertiary/aromatic N) is 2. The molecule has 0 spiro atoms. The molecule has 5 heteroatoms. The minimum atomic E-state index is -1.03. The minimum Gasteiger partial charge on any atom is -0.468 e. The lowest BCUT2D eigenvalue weighted by atomic mass is 10.1. The van der Waals surface area contributed by atoms with Gasteiger partial charge in [-0.05, 0) is 19.4 Å². The molecule has 1 atom stereocenters. The Morgan fingerprint density at radius 1 is 1.79 bits per heavy atom. The summed E-state index contributed by atoms with van der Waals surface area (Å²) in [4.78, 5) is 11.3. The highest BCUT2D eigenvalue weighted by atomic mass is 16.5. The van der Waals surface area contributed by atoms with Gasteiger partial charge in [-0.2, -0.15) is 5.10 Å². The van der Waals surface area contributed by atoms with Gasteiger partial charge in [-0.25, -0.2) is 0 Å². The molecule has 78 valence electrons. The number of rotatable bonds is 3. The van der Waals surface area contributed by atoms with Gasteiger partial charge in [-0.3, -0.25) is 9.48 Å². The molecule has 0 saturated carbocycles. The van der Waals surface area contributed by atoms with Gasteiger partial charge in [0.1, 0.15) is 5.54 Å². The van der Waals surface area contributed by atoms with Crippen molar-refractivity contribution in [2.45, 2.75) is 25.9 Å². The summed E-state index contributed by atoms with van der Waals surface area (Å²) in [6, 6.07) is 0. The molecule has 5 nitrogen and oxygen atoms in total. The molecular formula is C9H15N3O2. The van der Waals surface area contributed by atoms with Crippen molar-refractivity contribution in [3.05, 3.63) is 18.0 Å². The van der Waals surface area contributed by atoms with E-state index < -0.39 is 11.5 Å². The first-order valence-electron chi connectivity index (χ1n) is 4.32. The number of aromatic nitrogens is 2. The van der Waals surface area contributed by atoms with Crippen LogP contribution in [-0.2, 0) is 16.1 Å². The maximum absolute atomic E-state index is 11.3. The van der Waals surface area contributed by atoms with Crippen molar-refractivity contribution in [1.82, 2.24) is 9.78 Å². The van der Waals surface area contributed by atoms with Gasteiger partial charge in [0.25, 0.3) is 0 Å². The lowest BCUT2D eigenvalue weighted by Crippen LogP contribution is -2.49. The van der Waals surface area contributed by atoms with Crippen LogP contribution in [0.4, 0.5) is 0 Å². The fourth-order valence-electron chi connectivity index (χ4n) is 1.19. The van der Waals surface area contributed by atoms with E-state index in [0.29, 0.717) is 6.54 Å². The minimum absolute atomic E-state index is 0.313. The molecule has 0 aromatic carbocycles. The van der Waals surface area contributed by atoms with Crippen molar-refractivity contribution in [1.29, 1.82) is 0 Å². The van der Waals surface area contributed by atoms with E-state index in [2.05, 4.69) is 9.84 Å². The summed E-state index contributed by atoms with van der Waals surface area (Å²) >= 11 is 0. The summed E-state index contributed by atoms with van der Waals surface area (Å²) in [6.45, 7) is 3.86. The van der Waals surface area contributed by atoms with Crippen molar-refractivity contribution in [2.75, 3.05) is 7.11 Å². The third kappa shape index (κ3) is 2.32. The Labute approximate surface area is 82.8 Å². The lowest BCUT2D eigenvalue weighted by molar-refractivity contribution is -0.147. The first kappa shape index (κ1) is 10.7. The van der Waals surface area contributed by atoms with Crippen LogP contribution in [0.25, 0.3) is 0 Å². The molecule has 0 aliphatic carbocycles. The number of hydrogen-bond acceptors (Lipinski definition) is 4. The molecule has 0 bridgehead atoms. The molecule has 1 aromatic heterocycles. The van der Waals surface area contributed by atoms with Gasteiger partial charge in [0, 0.05) is 6.20 Å². The first-order chi connectivity index (χ1) is 6.45. The SMILES string of the molecule is COC(=O)C(C)(N)Cn1cc(C)cn1. The van der Waals surface area contributed by atoms with Crippen LogP contribution >= 0.6 is 0 Å². The number of esters is 1. The summed E-state index contributed by atoms with van der Waals surface area (Å²) in [7, 11) is 1.32. The van der Waals surface area contributed by atoms with E-state index in [4.69, 9.17) is 5.73 Å². The van der Waals surface area contributed by atoms with Gasteiger partial charge in [0.05, 0.1) is 19.9 Å². The van der Waals surface area contributed by atoms with Crippen LogP contribution in [0.1, 0.15) is 12.5 Å². The van der Waals surface area contributed by atoms with Crippen molar-refractivity contribution in [3.8, 4) is 0 Å². The largest absolute Gasteiger partial charge is 0.468 e. The van der Waals surface area contributed by atoms with Gasteiger partial charge in [-0.15, -0.1) is 0 Å². The zero-order valence-electron chi connectivity index (χ0n) is 8.65. The molecule has 0 radical (unpaired) electrons. The number of nitrogens with two attached hydrogens (primary N) is 1. The Hall–Kier alpha value is -1.36. The van der Waals surface area contributed by atoms with Crippen molar-refractivity contribution >= 4 is 5.97 Å². The van der Waals surface area contributed by atoms with Crippen LogP contribution in [0, 0.1) is 6.92 Å². The van der Waals surface area contributed by atoms with Gasteiger partial charge >= 0.3 is 5.97 Å². The average molecular weight is 197 g/mol. The number of carbonyl (C=O) groups excluding carboxylic acids is 1. The molecule has 0 amide bonds. The van der Waals surface area contributed by atoms with E-state index in [1.165, 1.54) is 7.11 Å². The number of hydrogen-bond donors (Lipinski definition) is 1. The van der Waals surface area contributed by atoms with E-state index in [0.717, 1.165) is 5.56 Å². The molecule has 14 heavy (non-hydrogen) atoms. The molecular weight excluding hydrogens is 182 g/mol. The highest BCUT2D eigenvalue weighted by Gasteiger charge is 2.30.